The minimum Gasteiger partial charge on any atom is -0.474 e. The first-order valence-corrected chi connectivity index (χ1v) is 9.35. The second kappa shape index (κ2) is 9.04. The van der Waals surface area contributed by atoms with Gasteiger partial charge in [0, 0.05) is 51.5 Å². The fourth-order valence-corrected chi connectivity index (χ4v) is 3.73. The van der Waals surface area contributed by atoms with Crippen LogP contribution in [0.15, 0.2) is 23.3 Å². The predicted molar refractivity (Wildman–Crippen MR) is 98.9 cm³/mol. The molecule has 0 spiro atoms. The summed E-state index contributed by atoms with van der Waals surface area (Å²) in [6.07, 6.45) is 8.07. The lowest BCUT2D eigenvalue weighted by atomic mass is 10.1. The first-order chi connectivity index (χ1) is 12.3. The summed E-state index contributed by atoms with van der Waals surface area (Å²) in [5, 5.41) is 3.47. The number of pyridine rings is 1. The number of guanidine groups is 1. The molecule has 2 aliphatic rings. The average molecular weight is 346 g/mol. The van der Waals surface area contributed by atoms with Crippen LogP contribution in [-0.4, -0.2) is 55.8 Å². The van der Waals surface area contributed by atoms with Gasteiger partial charge in [-0.2, -0.15) is 0 Å². The molecule has 6 heteroatoms. The standard InChI is InChI=1S/C19H30N4O2/c1-20-19(23-11-9-15(13-23)14-24-2)22-12-16-6-5-10-21-18(16)25-17-7-3-4-8-17/h5-6,10,15,17H,3-4,7-9,11-14H2,1-2H3,(H,20,22). The second-order valence-corrected chi connectivity index (χ2v) is 6.95. The second-order valence-electron chi connectivity index (χ2n) is 6.95. The van der Waals surface area contributed by atoms with Gasteiger partial charge in [-0.25, -0.2) is 4.98 Å². The Hall–Kier alpha value is -1.82. The maximum absolute atomic E-state index is 6.13. The largest absolute Gasteiger partial charge is 0.474 e. The van der Waals surface area contributed by atoms with E-state index in [-0.39, 0.29) is 0 Å². The number of ether oxygens (including phenoxy) is 2. The van der Waals surface area contributed by atoms with E-state index in [1.165, 1.54) is 12.8 Å². The van der Waals surface area contributed by atoms with Crippen molar-refractivity contribution in [3.05, 3.63) is 23.9 Å². The zero-order valence-corrected chi connectivity index (χ0v) is 15.4. The summed E-state index contributed by atoms with van der Waals surface area (Å²) in [7, 11) is 3.61. The quantitative estimate of drug-likeness (QED) is 0.633. The molecule has 1 unspecified atom stereocenters. The number of hydrogen-bond acceptors (Lipinski definition) is 4. The van der Waals surface area contributed by atoms with Crippen molar-refractivity contribution < 1.29 is 9.47 Å². The Bertz CT molecular complexity index is 572. The van der Waals surface area contributed by atoms with Gasteiger partial charge in [-0.15, -0.1) is 0 Å². The molecule has 138 valence electrons. The highest BCUT2D eigenvalue weighted by Crippen LogP contribution is 2.25. The minimum atomic E-state index is 0.321. The van der Waals surface area contributed by atoms with E-state index in [0.29, 0.717) is 18.6 Å². The van der Waals surface area contributed by atoms with E-state index < -0.39 is 0 Å². The van der Waals surface area contributed by atoms with Crippen molar-refractivity contribution in [3.8, 4) is 5.88 Å². The summed E-state index contributed by atoms with van der Waals surface area (Å²) in [5.41, 5.74) is 1.09. The number of methoxy groups -OCH3 is 1. The Balaban J connectivity index is 1.57. The van der Waals surface area contributed by atoms with E-state index >= 15 is 0 Å². The van der Waals surface area contributed by atoms with Gasteiger partial charge in [0.05, 0.1) is 6.61 Å². The minimum absolute atomic E-state index is 0.321. The molecule has 0 radical (unpaired) electrons. The van der Waals surface area contributed by atoms with Gasteiger partial charge in [0.1, 0.15) is 6.10 Å². The van der Waals surface area contributed by atoms with Crippen LogP contribution in [0.5, 0.6) is 5.88 Å². The fraction of sp³-hybridized carbons (Fsp3) is 0.684. The molecule has 6 nitrogen and oxygen atoms in total. The first-order valence-electron chi connectivity index (χ1n) is 9.35. The highest BCUT2D eigenvalue weighted by Gasteiger charge is 2.25. The Labute approximate surface area is 150 Å². The zero-order valence-electron chi connectivity index (χ0n) is 15.4. The van der Waals surface area contributed by atoms with E-state index in [1.54, 1.807) is 13.3 Å². The van der Waals surface area contributed by atoms with E-state index in [2.05, 4.69) is 26.3 Å². The fourth-order valence-electron chi connectivity index (χ4n) is 3.73. The number of hydrogen-bond donors (Lipinski definition) is 1. The molecule has 3 rings (SSSR count). The first kappa shape index (κ1) is 18.0. The van der Waals surface area contributed by atoms with Crippen LogP contribution in [0.1, 0.15) is 37.7 Å². The monoisotopic (exact) mass is 346 g/mol. The molecule has 1 aromatic rings. The van der Waals surface area contributed by atoms with Gasteiger partial charge in [-0.05, 0) is 38.2 Å². The molecular formula is C19H30N4O2. The molecule has 25 heavy (non-hydrogen) atoms. The molecule has 0 amide bonds. The molecular weight excluding hydrogens is 316 g/mol. The van der Waals surface area contributed by atoms with Crippen molar-refractivity contribution in [1.82, 2.24) is 15.2 Å². The van der Waals surface area contributed by atoms with Gasteiger partial charge in [-0.3, -0.25) is 4.99 Å². The molecule has 2 heterocycles. The Morgan fingerprint density at radius 1 is 1.36 bits per heavy atom. The molecule has 0 aromatic carbocycles. The van der Waals surface area contributed by atoms with Gasteiger partial charge in [0.25, 0.3) is 0 Å². The number of nitrogens with one attached hydrogen (secondary N) is 1. The van der Waals surface area contributed by atoms with E-state index in [9.17, 15) is 0 Å². The normalized spacial score (nSPS) is 21.8. The van der Waals surface area contributed by atoms with Crippen LogP contribution in [0.25, 0.3) is 0 Å². The summed E-state index contributed by atoms with van der Waals surface area (Å²) >= 11 is 0. The highest BCUT2D eigenvalue weighted by molar-refractivity contribution is 5.80. The van der Waals surface area contributed by atoms with Gasteiger partial charge in [0.2, 0.25) is 5.88 Å². The summed E-state index contributed by atoms with van der Waals surface area (Å²) in [6.45, 7) is 3.50. The van der Waals surface area contributed by atoms with Crippen LogP contribution >= 0.6 is 0 Å². The topological polar surface area (TPSA) is 59.0 Å². The van der Waals surface area contributed by atoms with Crippen molar-refractivity contribution in [1.29, 1.82) is 0 Å². The number of likely N-dealkylation sites (tertiary alicyclic amines) is 1. The zero-order chi connectivity index (χ0) is 17.5. The molecule has 1 saturated carbocycles. The summed E-state index contributed by atoms with van der Waals surface area (Å²) in [6, 6.07) is 4.04. The highest BCUT2D eigenvalue weighted by atomic mass is 16.5. The lowest BCUT2D eigenvalue weighted by Crippen LogP contribution is -2.40. The number of aliphatic imine (C=N–C) groups is 1. The van der Waals surface area contributed by atoms with Gasteiger partial charge >= 0.3 is 0 Å². The van der Waals surface area contributed by atoms with Crippen LogP contribution in [0.3, 0.4) is 0 Å². The van der Waals surface area contributed by atoms with Gasteiger partial charge < -0.3 is 19.7 Å². The summed E-state index contributed by atoms with van der Waals surface area (Å²) in [4.78, 5) is 11.2. The molecule has 2 fully saturated rings. The molecule has 1 atom stereocenters. The third kappa shape index (κ3) is 4.84. The van der Waals surface area contributed by atoms with Crippen molar-refractivity contribution in [2.45, 2.75) is 44.8 Å². The number of rotatable bonds is 6. The van der Waals surface area contributed by atoms with Crippen LogP contribution in [0.2, 0.25) is 0 Å². The van der Waals surface area contributed by atoms with Crippen LogP contribution in [-0.2, 0) is 11.3 Å². The Kier molecular flexibility index (Phi) is 6.50. The van der Waals surface area contributed by atoms with E-state index in [4.69, 9.17) is 9.47 Å². The molecule has 1 aliphatic heterocycles. The van der Waals surface area contributed by atoms with Crippen molar-refractivity contribution in [2.75, 3.05) is 33.9 Å². The van der Waals surface area contributed by atoms with Gasteiger partial charge in [-0.1, -0.05) is 6.07 Å². The molecule has 1 aromatic heterocycles. The summed E-state index contributed by atoms with van der Waals surface area (Å²) < 4.78 is 11.4. The lowest BCUT2D eigenvalue weighted by molar-refractivity contribution is 0.157. The number of aromatic nitrogens is 1. The van der Waals surface area contributed by atoms with Gasteiger partial charge in [0.15, 0.2) is 5.96 Å². The predicted octanol–water partition coefficient (Wildman–Crippen LogP) is 2.45. The van der Waals surface area contributed by atoms with Crippen LogP contribution in [0, 0.1) is 5.92 Å². The van der Waals surface area contributed by atoms with Crippen molar-refractivity contribution in [3.63, 3.8) is 0 Å². The maximum Gasteiger partial charge on any atom is 0.218 e. The smallest absolute Gasteiger partial charge is 0.218 e. The maximum atomic E-state index is 6.13. The Morgan fingerprint density at radius 2 is 2.20 bits per heavy atom. The lowest BCUT2D eigenvalue weighted by Gasteiger charge is -2.22. The number of nitrogens with zero attached hydrogens (tertiary/aromatic N) is 3. The van der Waals surface area contributed by atoms with Crippen molar-refractivity contribution in [2.24, 2.45) is 10.9 Å². The molecule has 0 bridgehead atoms. The van der Waals surface area contributed by atoms with Crippen molar-refractivity contribution >= 4 is 5.96 Å². The molecule has 1 N–H and O–H groups in total. The van der Waals surface area contributed by atoms with Crippen LogP contribution < -0.4 is 10.1 Å². The van der Waals surface area contributed by atoms with E-state index in [1.807, 2.05) is 13.1 Å². The molecule has 1 aliphatic carbocycles. The summed E-state index contributed by atoms with van der Waals surface area (Å²) in [5.74, 6) is 2.29. The molecule has 1 saturated heterocycles. The van der Waals surface area contributed by atoms with Crippen LogP contribution in [0.4, 0.5) is 0 Å². The van der Waals surface area contributed by atoms with E-state index in [0.717, 1.165) is 56.4 Å². The Morgan fingerprint density at radius 3 is 2.96 bits per heavy atom. The SMILES string of the molecule is CN=C(NCc1cccnc1OC1CCCC1)N1CCC(COC)C1. The average Bonchev–Trinajstić information content (AvgIpc) is 3.30. The third-order valence-corrected chi connectivity index (χ3v) is 5.07. The third-order valence-electron chi connectivity index (χ3n) is 5.07.